The third kappa shape index (κ3) is 6.74. The molecule has 2 aromatic heterocycles. The van der Waals surface area contributed by atoms with E-state index in [0.717, 1.165) is 67.0 Å². The van der Waals surface area contributed by atoms with Crippen molar-refractivity contribution < 1.29 is 18.0 Å². The summed E-state index contributed by atoms with van der Waals surface area (Å²) in [7, 11) is 0. The first-order chi connectivity index (χ1) is 19.2. The maximum Gasteiger partial charge on any atom is 0.416 e. The molecular formula is C30H33ClF3N5O. The quantitative estimate of drug-likeness (QED) is 0.291. The highest BCUT2D eigenvalue weighted by molar-refractivity contribution is 6.28. The SMILES string of the molecule is C[C@@H](Nc1nc(Cl)nc2c1CC(CCC(=O)C1CCCCNc3ncccc3C1)C2)c1cccc(C(F)(F)F)c1. The van der Waals surface area contributed by atoms with Crippen LogP contribution in [0, 0.1) is 11.8 Å². The summed E-state index contributed by atoms with van der Waals surface area (Å²) >= 11 is 6.23. The number of carbonyl (C=O) groups is 1. The van der Waals surface area contributed by atoms with Gasteiger partial charge in [0, 0.05) is 36.7 Å². The van der Waals surface area contributed by atoms with Crippen LogP contribution in [0.3, 0.4) is 0 Å². The molecule has 40 heavy (non-hydrogen) atoms. The van der Waals surface area contributed by atoms with Gasteiger partial charge in [0.1, 0.15) is 17.4 Å². The Kier molecular flexibility index (Phi) is 8.59. The van der Waals surface area contributed by atoms with Gasteiger partial charge in [-0.25, -0.2) is 15.0 Å². The second kappa shape index (κ2) is 12.1. The van der Waals surface area contributed by atoms with Gasteiger partial charge in [0.05, 0.1) is 11.3 Å². The van der Waals surface area contributed by atoms with Crippen LogP contribution in [0.15, 0.2) is 42.6 Å². The number of aromatic nitrogens is 3. The minimum atomic E-state index is -4.41. The van der Waals surface area contributed by atoms with Crippen molar-refractivity contribution in [2.24, 2.45) is 11.8 Å². The number of anilines is 2. The summed E-state index contributed by atoms with van der Waals surface area (Å²) < 4.78 is 39.6. The van der Waals surface area contributed by atoms with Crippen molar-refractivity contribution in [3.05, 3.63) is 75.8 Å². The fourth-order valence-corrected chi connectivity index (χ4v) is 5.98. The van der Waals surface area contributed by atoms with Crippen molar-refractivity contribution in [1.29, 1.82) is 0 Å². The molecule has 3 aromatic rings. The van der Waals surface area contributed by atoms with Gasteiger partial charge in [-0.2, -0.15) is 13.2 Å². The number of nitrogens with zero attached hydrogens (tertiary/aromatic N) is 3. The van der Waals surface area contributed by atoms with Crippen LogP contribution in [0.4, 0.5) is 24.8 Å². The lowest BCUT2D eigenvalue weighted by molar-refractivity contribution is -0.137. The maximum atomic E-state index is 13.4. The summed E-state index contributed by atoms with van der Waals surface area (Å²) in [5.41, 5.74) is 2.66. The minimum absolute atomic E-state index is 0.0218. The standard InChI is InChI=1S/C30H33ClF3N5O/c1-18(20-7-4-9-23(17-20)30(32,33)34)37-28-24-14-19(15-25(24)38-29(31)39-28)10-11-26(40)21-6-2-3-12-35-27-22(16-21)8-5-13-36-27/h4-5,7-9,13,17-19,21H,2-3,6,10-12,14-16H2,1H3,(H,35,36)(H,37,38,39)/t18-,19?,21?/m1/s1. The van der Waals surface area contributed by atoms with Gasteiger partial charge in [-0.05, 0) is 92.3 Å². The van der Waals surface area contributed by atoms with Crippen molar-refractivity contribution in [1.82, 2.24) is 15.0 Å². The summed E-state index contributed by atoms with van der Waals surface area (Å²) in [6.45, 7) is 2.65. The van der Waals surface area contributed by atoms with E-state index in [1.54, 1.807) is 19.2 Å². The molecule has 3 atom stereocenters. The Hall–Kier alpha value is -3.20. The number of carbonyl (C=O) groups excluding carboxylic acids is 1. The first-order valence-corrected chi connectivity index (χ1v) is 14.2. The van der Waals surface area contributed by atoms with E-state index in [4.69, 9.17) is 11.6 Å². The fourth-order valence-electron chi connectivity index (χ4n) is 5.79. The van der Waals surface area contributed by atoms with Crippen LogP contribution < -0.4 is 10.6 Å². The van der Waals surface area contributed by atoms with Gasteiger partial charge >= 0.3 is 6.18 Å². The molecule has 2 unspecified atom stereocenters. The third-order valence-corrected chi connectivity index (χ3v) is 8.16. The Labute approximate surface area is 237 Å². The monoisotopic (exact) mass is 571 g/mol. The third-order valence-electron chi connectivity index (χ3n) is 7.99. The first-order valence-electron chi connectivity index (χ1n) is 13.9. The maximum absolute atomic E-state index is 13.4. The van der Waals surface area contributed by atoms with E-state index in [9.17, 15) is 18.0 Å². The number of fused-ring (bicyclic) bond motifs is 2. The number of hydrogen-bond acceptors (Lipinski definition) is 6. The number of benzene rings is 1. The van der Waals surface area contributed by atoms with Gasteiger partial charge in [-0.3, -0.25) is 4.79 Å². The average Bonchev–Trinajstić information content (AvgIpc) is 3.37. The Morgan fingerprint density at radius 2 is 2.00 bits per heavy atom. The number of halogens is 4. The minimum Gasteiger partial charge on any atom is -0.370 e. The van der Waals surface area contributed by atoms with Crippen LogP contribution in [0.1, 0.15) is 73.0 Å². The van der Waals surface area contributed by atoms with Crippen molar-refractivity contribution >= 4 is 29.0 Å². The van der Waals surface area contributed by atoms with Crippen LogP contribution in [0.2, 0.25) is 5.28 Å². The number of alkyl halides is 3. The van der Waals surface area contributed by atoms with E-state index in [1.165, 1.54) is 6.07 Å². The van der Waals surface area contributed by atoms with Crippen molar-refractivity contribution in [3.63, 3.8) is 0 Å². The molecule has 0 bridgehead atoms. The summed E-state index contributed by atoms with van der Waals surface area (Å²) in [6, 6.07) is 8.82. The molecule has 1 aliphatic carbocycles. The summed E-state index contributed by atoms with van der Waals surface area (Å²) in [5, 5.41) is 6.75. The highest BCUT2D eigenvalue weighted by atomic mass is 35.5. The zero-order valence-electron chi connectivity index (χ0n) is 22.4. The van der Waals surface area contributed by atoms with Crippen molar-refractivity contribution in [2.75, 3.05) is 17.2 Å². The molecule has 0 saturated heterocycles. The van der Waals surface area contributed by atoms with E-state index in [0.29, 0.717) is 37.1 Å². The Morgan fingerprint density at radius 3 is 2.83 bits per heavy atom. The smallest absolute Gasteiger partial charge is 0.370 e. The highest BCUT2D eigenvalue weighted by Crippen LogP contribution is 2.36. The topological polar surface area (TPSA) is 79.8 Å². The Bertz CT molecular complexity index is 1370. The number of pyridine rings is 1. The lowest BCUT2D eigenvalue weighted by Crippen LogP contribution is -2.19. The normalized spacial score (nSPS) is 19.8. The van der Waals surface area contributed by atoms with Crippen LogP contribution in [-0.4, -0.2) is 27.3 Å². The number of hydrogen-bond donors (Lipinski definition) is 2. The molecule has 0 amide bonds. The van der Waals surface area contributed by atoms with Crippen LogP contribution in [0.25, 0.3) is 0 Å². The molecule has 2 N–H and O–H groups in total. The van der Waals surface area contributed by atoms with E-state index in [1.807, 2.05) is 12.1 Å². The summed E-state index contributed by atoms with van der Waals surface area (Å²) in [6.07, 6.45) is 3.57. The van der Waals surface area contributed by atoms with Gasteiger partial charge in [0.15, 0.2) is 0 Å². The van der Waals surface area contributed by atoms with Crippen molar-refractivity contribution in [3.8, 4) is 0 Å². The number of ketones is 1. The van der Waals surface area contributed by atoms with E-state index in [-0.39, 0.29) is 22.9 Å². The van der Waals surface area contributed by atoms with Gasteiger partial charge in [-0.1, -0.05) is 24.6 Å². The molecule has 6 nitrogen and oxygen atoms in total. The largest absolute Gasteiger partial charge is 0.416 e. The number of nitrogens with one attached hydrogen (secondary N) is 2. The second-order valence-electron chi connectivity index (χ2n) is 10.9. The van der Waals surface area contributed by atoms with Crippen LogP contribution in [-0.2, 0) is 30.2 Å². The van der Waals surface area contributed by atoms with Crippen LogP contribution in [0.5, 0.6) is 0 Å². The molecule has 2 aliphatic rings. The lowest BCUT2D eigenvalue weighted by Gasteiger charge is -2.19. The van der Waals surface area contributed by atoms with E-state index >= 15 is 0 Å². The zero-order valence-corrected chi connectivity index (χ0v) is 23.2. The molecular weight excluding hydrogens is 539 g/mol. The van der Waals surface area contributed by atoms with E-state index < -0.39 is 17.8 Å². The molecule has 5 rings (SSSR count). The molecule has 10 heteroatoms. The second-order valence-corrected chi connectivity index (χ2v) is 11.2. The summed E-state index contributed by atoms with van der Waals surface area (Å²) in [4.78, 5) is 26.6. The zero-order chi connectivity index (χ0) is 28.3. The molecule has 1 aromatic carbocycles. The predicted molar refractivity (Wildman–Crippen MR) is 149 cm³/mol. The molecule has 1 aliphatic heterocycles. The first kappa shape index (κ1) is 28.3. The van der Waals surface area contributed by atoms with E-state index in [2.05, 4.69) is 25.6 Å². The number of rotatable bonds is 7. The fraction of sp³-hybridized carbons (Fsp3) is 0.467. The highest BCUT2D eigenvalue weighted by Gasteiger charge is 2.32. The molecule has 3 heterocycles. The number of Topliss-reactive ketones (excluding diaryl/α,β-unsaturated/α-hetero) is 1. The Balaban J connectivity index is 1.23. The van der Waals surface area contributed by atoms with Gasteiger partial charge in [0.2, 0.25) is 5.28 Å². The van der Waals surface area contributed by atoms with Gasteiger partial charge in [0.25, 0.3) is 0 Å². The predicted octanol–water partition coefficient (Wildman–Crippen LogP) is 7.24. The molecule has 0 radical (unpaired) electrons. The van der Waals surface area contributed by atoms with Gasteiger partial charge in [-0.15, -0.1) is 0 Å². The van der Waals surface area contributed by atoms with Crippen LogP contribution >= 0.6 is 11.6 Å². The Morgan fingerprint density at radius 1 is 1.15 bits per heavy atom. The molecule has 212 valence electrons. The van der Waals surface area contributed by atoms with Gasteiger partial charge < -0.3 is 10.6 Å². The average molecular weight is 572 g/mol. The lowest BCUT2D eigenvalue weighted by atomic mass is 9.87. The van der Waals surface area contributed by atoms with Crippen molar-refractivity contribution in [2.45, 2.75) is 70.5 Å². The molecule has 0 saturated carbocycles. The molecule has 0 fully saturated rings. The molecule has 0 spiro atoms. The summed E-state index contributed by atoms with van der Waals surface area (Å²) in [5.74, 6) is 1.91.